The minimum atomic E-state index is 0.745. The molecule has 1 saturated heterocycles. The molecule has 106 valence electrons. The molecule has 1 aromatic rings. The van der Waals surface area contributed by atoms with Crippen LogP contribution in [0.2, 0.25) is 0 Å². The predicted octanol–water partition coefficient (Wildman–Crippen LogP) is 2.72. The zero-order valence-electron chi connectivity index (χ0n) is 12.5. The highest BCUT2D eigenvalue weighted by atomic mass is 15.2. The molecule has 1 atom stereocenters. The Bertz CT molecular complexity index is 352. The normalized spacial score (nSPS) is 18.4. The Morgan fingerprint density at radius 1 is 1.11 bits per heavy atom. The summed E-state index contributed by atoms with van der Waals surface area (Å²) < 4.78 is 0. The third-order valence-corrected chi connectivity index (χ3v) is 3.93. The van der Waals surface area contributed by atoms with E-state index in [1.807, 2.05) is 0 Å². The minimum absolute atomic E-state index is 0.745. The van der Waals surface area contributed by atoms with Crippen molar-refractivity contribution in [3.63, 3.8) is 0 Å². The topological polar surface area (TPSA) is 15.3 Å². The summed E-state index contributed by atoms with van der Waals surface area (Å²) in [5.74, 6) is 0.745. The van der Waals surface area contributed by atoms with Crippen molar-refractivity contribution in [2.75, 3.05) is 32.7 Å². The largest absolute Gasteiger partial charge is 0.314 e. The van der Waals surface area contributed by atoms with E-state index in [2.05, 4.69) is 48.3 Å². The van der Waals surface area contributed by atoms with Gasteiger partial charge in [-0.15, -0.1) is 0 Å². The zero-order valence-corrected chi connectivity index (χ0v) is 12.5. The Labute approximate surface area is 118 Å². The van der Waals surface area contributed by atoms with Gasteiger partial charge in [-0.3, -0.25) is 0 Å². The van der Waals surface area contributed by atoms with Crippen LogP contribution in [0.25, 0.3) is 0 Å². The van der Waals surface area contributed by atoms with E-state index in [0.29, 0.717) is 0 Å². The van der Waals surface area contributed by atoms with Crippen LogP contribution in [0.4, 0.5) is 0 Å². The molecule has 2 nitrogen and oxygen atoms in total. The van der Waals surface area contributed by atoms with Crippen molar-refractivity contribution in [1.29, 1.82) is 0 Å². The number of nitrogens with one attached hydrogen (secondary N) is 1. The molecule has 2 heteroatoms. The molecule has 0 saturated carbocycles. The lowest BCUT2D eigenvalue weighted by Crippen LogP contribution is -2.45. The van der Waals surface area contributed by atoms with E-state index in [0.717, 1.165) is 19.0 Å². The molecule has 19 heavy (non-hydrogen) atoms. The van der Waals surface area contributed by atoms with Gasteiger partial charge in [0.1, 0.15) is 0 Å². The SMILES string of the molecule is CCCc1ccc(CC(C)CN2CCNCC2)cc1. The Kier molecular flexibility index (Phi) is 5.87. The average molecular weight is 260 g/mol. The summed E-state index contributed by atoms with van der Waals surface area (Å²) in [6.45, 7) is 10.6. The summed E-state index contributed by atoms with van der Waals surface area (Å²) in [5, 5.41) is 3.41. The Balaban J connectivity index is 1.78. The summed E-state index contributed by atoms with van der Waals surface area (Å²) in [5.41, 5.74) is 2.96. The summed E-state index contributed by atoms with van der Waals surface area (Å²) in [4.78, 5) is 2.59. The van der Waals surface area contributed by atoms with E-state index in [-0.39, 0.29) is 0 Å². The van der Waals surface area contributed by atoms with Gasteiger partial charge in [0.15, 0.2) is 0 Å². The van der Waals surface area contributed by atoms with Crippen LogP contribution in [0.3, 0.4) is 0 Å². The van der Waals surface area contributed by atoms with Gasteiger partial charge in [-0.05, 0) is 29.9 Å². The maximum Gasteiger partial charge on any atom is 0.0107 e. The lowest BCUT2D eigenvalue weighted by molar-refractivity contribution is 0.211. The molecule has 1 unspecified atom stereocenters. The Hall–Kier alpha value is -0.860. The van der Waals surface area contributed by atoms with Crippen LogP contribution < -0.4 is 5.32 Å². The number of hydrogen-bond donors (Lipinski definition) is 1. The van der Waals surface area contributed by atoms with Gasteiger partial charge >= 0.3 is 0 Å². The standard InChI is InChI=1S/C17H28N2/c1-3-4-16-5-7-17(8-6-16)13-15(2)14-19-11-9-18-10-12-19/h5-8,15,18H,3-4,9-14H2,1-2H3. The van der Waals surface area contributed by atoms with E-state index in [9.17, 15) is 0 Å². The van der Waals surface area contributed by atoms with Crippen LogP contribution in [-0.4, -0.2) is 37.6 Å². The Morgan fingerprint density at radius 2 is 1.74 bits per heavy atom. The zero-order chi connectivity index (χ0) is 13.5. The van der Waals surface area contributed by atoms with Crippen molar-refractivity contribution in [3.05, 3.63) is 35.4 Å². The number of nitrogens with zero attached hydrogens (tertiary/aromatic N) is 1. The lowest BCUT2D eigenvalue weighted by atomic mass is 9.98. The van der Waals surface area contributed by atoms with Crippen molar-refractivity contribution >= 4 is 0 Å². The van der Waals surface area contributed by atoms with Crippen molar-refractivity contribution < 1.29 is 0 Å². The van der Waals surface area contributed by atoms with Gasteiger partial charge in [-0.1, -0.05) is 44.5 Å². The molecule has 0 aromatic heterocycles. The quantitative estimate of drug-likeness (QED) is 0.846. The van der Waals surface area contributed by atoms with E-state index in [4.69, 9.17) is 0 Å². The molecular weight excluding hydrogens is 232 g/mol. The predicted molar refractivity (Wildman–Crippen MR) is 82.6 cm³/mol. The lowest BCUT2D eigenvalue weighted by Gasteiger charge is -2.29. The van der Waals surface area contributed by atoms with Gasteiger partial charge in [-0.25, -0.2) is 0 Å². The fourth-order valence-corrected chi connectivity index (χ4v) is 2.93. The van der Waals surface area contributed by atoms with Gasteiger partial charge < -0.3 is 10.2 Å². The third-order valence-electron chi connectivity index (χ3n) is 3.93. The molecule has 0 bridgehead atoms. The molecule has 0 spiro atoms. The molecule has 1 N–H and O–H groups in total. The molecule has 1 aliphatic rings. The molecule has 2 rings (SSSR count). The third kappa shape index (κ3) is 4.96. The van der Waals surface area contributed by atoms with E-state index >= 15 is 0 Å². The second-order valence-corrected chi connectivity index (χ2v) is 5.93. The molecule has 0 amide bonds. The molecule has 1 fully saturated rings. The van der Waals surface area contributed by atoms with Crippen LogP contribution in [0.15, 0.2) is 24.3 Å². The highest BCUT2D eigenvalue weighted by molar-refractivity contribution is 5.23. The molecule has 1 aliphatic heterocycles. The molecule has 0 aliphatic carbocycles. The first-order chi connectivity index (χ1) is 9.28. The first-order valence-corrected chi connectivity index (χ1v) is 7.79. The van der Waals surface area contributed by atoms with Crippen LogP contribution in [0, 0.1) is 5.92 Å². The second kappa shape index (κ2) is 7.66. The van der Waals surface area contributed by atoms with E-state index in [1.165, 1.54) is 50.0 Å². The van der Waals surface area contributed by atoms with Gasteiger partial charge in [0.25, 0.3) is 0 Å². The minimum Gasteiger partial charge on any atom is -0.314 e. The van der Waals surface area contributed by atoms with Gasteiger partial charge in [-0.2, -0.15) is 0 Å². The van der Waals surface area contributed by atoms with Gasteiger partial charge in [0.2, 0.25) is 0 Å². The number of benzene rings is 1. The molecule has 0 radical (unpaired) electrons. The Morgan fingerprint density at radius 3 is 2.37 bits per heavy atom. The second-order valence-electron chi connectivity index (χ2n) is 5.93. The van der Waals surface area contributed by atoms with Crippen molar-refractivity contribution in [1.82, 2.24) is 10.2 Å². The summed E-state index contributed by atoms with van der Waals surface area (Å²) in [6, 6.07) is 9.24. The molecular formula is C17H28N2. The van der Waals surface area contributed by atoms with E-state index in [1.54, 1.807) is 0 Å². The smallest absolute Gasteiger partial charge is 0.0107 e. The first-order valence-electron chi connectivity index (χ1n) is 7.79. The fourth-order valence-electron chi connectivity index (χ4n) is 2.93. The monoisotopic (exact) mass is 260 g/mol. The van der Waals surface area contributed by atoms with Crippen LogP contribution in [-0.2, 0) is 12.8 Å². The molecule has 1 heterocycles. The van der Waals surface area contributed by atoms with Crippen LogP contribution >= 0.6 is 0 Å². The van der Waals surface area contributed by atoms with E-state index < -0.39 is 0 Å². The number of piperazine rings is 1. The van der Waals surface area contributed by atoms with Crippen molar-refractivity contribution in [2.24, 2.45) is 5.92 Å². The van der Waals surface area contributed by atoms with Gasteiger partial charge in [0.05, 0.1) is 0 Å². The maximum atomic E-state index is 3.41. The summed E-state index contributed by atoms with van der Waals surface area (Å²) >= 11 is 0. The highest BCUT2D eigenvalue weighted by Gasteiger charge is 2.13. The highest BCUT2D eigenvalue weighted by Crippen LogP contribution is 2.13. The fraction of sp³-hybridized carbons (Fsp3) is 0.647. The van der Waals surface area contributed by atoms with Crippen LogP contribution in [0.1, 0.15) is 31.4 Å². The number of aryl methyl sites for hydroxylation is 1. The maximum absolute atomic E-state index is 3.41. The molecule has 1 aromatic carbocycles. The summed E-state index contributed by atoms with van der Waals surface area (Å²) in [6.07, 6.45) is 3.64. The summed E-state index contributed by atoms with van der Waals surface area (Å²) in [7, 11) is 0. The van der Waals surface area contributed by atoms with Gasteiger partial charge in [0, 0.05) is 32.7 Å². The van der Waals surface area contributed by atoms with Crippen molar-refractivity contribution in [2.45, 2.75) is 33.1 Å². The number of hydrogen-bond acceptors (Lipinski definition) is 2. The van der Waals surface area contributed by atoms with Crippen molar-refractivity contribution in [3.8, 4) is 0 Å². The number of rotatable bonds is 6. The first kappa shape index (κ1) is 14.5. The van der Waals surface area contributed by atoms with Crippen LogP contribution in [0.5, 0.6) is 0 Å². The average Bonchev–Trinajstić information content (AvgIpc) is 2.42.